The maximum absolute atomic E-state index is 12.9. The van der Waals surface area contributed by atoms with Crippen molar-refractivity contribution in [2.45, 2.75) is 18.2 Å². The van der Waals surface area contributed by atoms with Crippen LogP contribution in [0.1, 0.15) is 12.0 Å². The second kappa shape index (κ2) is 7.94. The Morgan fingerprint density at radius 2 is 1.88 bits per heavy atom. The molecular weight excluding hydrogens is 341 g/mol. The first-order valence-electron chi connectivity index (χ1n) is 7.71. The number of carbonyl (C=O) groups is 2. The minimum Gasteiger partial charge on any atom is -0.326 e. The minimum atomic E-state index is -0.519. The molecule has 7 heteroatoms. The summed E-state index contributed by atoms with van der Waals surface area (Å²) in [5.74, 6) is -0.905. The number of benzene rings is 2. The van der Waals surface area contributed by atoms with Crippen LogP contribution in [0.15, 0.2) is 59.6 Å². The molecule has 1 aliphatic heterocycles. The summed E-state index contributed by atoms with van der Waals surface area (Å²) in [5.41, 5.74) is 1.54. The van der Waals surface area contributed by atoms with Crippen LogP contribution >= 0.6 is 11.8 Å². The summed E-state index contributed by atoms with van der Waals surface area (Å²) in [6, 6.07) is 15.2. The lowest BCUT2D eigenvalue weighted by atomic mass is 10.2. The lowest BCUT2D eigenvalue weighted by Crippen LogP contribution is -2.28. The number of carbonyl (C=O) groups excluding carboxylic acids is 2. The van der Waals surface area contributed by atoms with Gasteiger partial charge in [0.2, 0.25) is 11.8 Å². The molecule has 0 unspecified atom stereocenters. The molecule has 1 heterocycles. The molecule has 1 atom stereocenters. The molecule has 2 aromatic carbocycles. The van der Waals surface area contributed by atoms with Gasteiger partial charge in [-0.1, -0.05) is 42.1 Å². The van der Waals surface area contributed by atoms with E-state index in [9.17, 15) is 14.0 Å². The number of hydrogen-bond acceptors (Lipinski definition) is 4. The second-order valence-corrected chi connectivity index (χ2v) is 6.65. The van der Waals surface area contributed by atoms with E-state index in [0.29, 0.717) is 17.4 Å². The Morgan fingerprint density at radius 1 is 1.16 bits per heavy atom. The number of rotatable bonds is 5. The lowest BCUT2D eigenvalue weighted by molar-refractivity contribution is -0.122. The van der Waals surface area contributed by atoms with Crippen LogP contribution in [0, 0.1) is 5.82 Å². The second-order valence-electron chi connectivity index (χ2n) is 5.46. The lowest BCUT2D eigenvalue weighted by Gasteiger charge is -2.07. The number of halogens is 1. The standard InChI is InChI=1S/C18H16FN3O2S/c19-13-6-8-14(9-7-13)21-16(23)10-15-17(24)22-18(25-15)20-11-12-4-2-1-3-5-12/h1-9,15H,10-11H2,(H,21,23)(H,20,22,24)/t15-/m0/s1. The summed E-state index contributed by atoms with van der Waals surface area (Å²) in [4.78, 5) is 28.4. The van der Waals surface area contributed by atoms with E-state index in [-0.39, 0.29) is 24.1 Å². The van der Waals surface area contributed by atoms with Gasteiger partial charge < -0.3 is 10.6 Å². The summed E-state index contributed by atoms with van der Waals surface area (Å²) in [6.45, 7) is 0.470. The molecule has 1 saturated heterocycles. The van der Waals surface area contributed by atoms with Crippen LogP contribution in [0.4, 0.5) is 10.1 Å². The molecule has 2 aromatic rings. The number of anilines is 1. The summed E-state index contributed by atoms with van der Waals surface area (Å²) >= 11 is 1.25. The van der Waals surface area contributed by atoms with Gasteiger partial charge in [0.05, 0.1) is 6.54 Å². The average Bonchev–Trinajstić information content (AvgIpc) is 2.96. The molecule has 2 amide bonds. The fourth-order valence-electron chi connectivity index (χ4n) is 2.27. The van der Waals surface area contributed by atoms with Crippen LogP contribution in [0.2, 0.25) is 0 Å². The Bertz CT molecular complexity index is 794. The normalized spacial score (nSPS) is 18.2. The Balaban J connectivity index is 1.53. The monoisotopic (exact) mass is 357 g/mol. The first kappa shape index (κ1) is 17.2. The highest BCUT2D eigenvalue weighted by atomic mass is 32.2. The number of nitrogens with one attached hydrogen (secondary N) is 2. The molecule has 2 N–H and O–H groups in total. The summed E-state index contributed by atoms with van der Waals surface area (Å²) in [6.07, 6.45) is 0.0260. The summed E-state index contributed by atoms with van der Waals surface area (Å²) in [7, 11) is 0. The van der Waals surface area contributed by atoms with E-state index < -0.39 is 5.25 Å². The zero-order valence-electron chi connectivity index (χ0n) is 13.2. The molecule has 128 valence electrons. The molecular formula is C18H16FN3O2S. The van der Waals surface area contributed by atoms with Crippen molar-refractivity contribution in [3.05, 3.63) is 66.0 Å². The van der Waals surface area contributed by atoms with Crippen LogP contribution in [0.3, 0.4) is 0 Å². The molecule has 1 fully saturated rings. The van der Waals surface area contributed by atoms with Crippen molar-refractivity contribution in [1.29, 1.82) is 0 Å². The van der Waals surface area contributed by atoms with Crippen molar-refractivity contribution in [1.82, 2.24) is 5.32 Å². The van der Waals surface area contributed by atoms with E-state index in [1.54, 1.807) is 0 Å². The molecule has 1 aliphatic rings. The van der Waals surface area contributed by atoms with Crippen molar-refractivity contribution in [2.24, 2.45) is 4.99 Å². The number of aliphatic imine (C=N–C) groups is 1. The first-order valence-corrected chi connectivity index (χ1v) is 8.59. The van der Waals surface area contributed by atoms with Crippen LogP contribution in [0.25, 0.3) is 0 Å². The van der Waals surface area contributed by atoms with Crippen molar-refractivity contribution < 1.29 is 14.0 Å². The highest BCUT2D eigenvalue weighted by molar-refractivity contribution is 8.15. The van der Waals surface area contributed by atoms with E-state index in [1.165, 1.54) is 36.0 Å². The van der Waals surface area contributed by atoms with Crippen LogP contribution in [0.5, 0.6) is 0 Å². The third-order valence-electron chi connectivity index (χ3n) is 3.52. The predicted molar refractivity (Wildman–Crippen MR) is 96.7 cm³/mol. The van der Waals surface area contributed by atoms with Crippen LogP contribution in [-0.2, 0) is 16.1 Å². The smallest absolute Gasteiger partial charge is 0.240 e. The number of hydrogen-bond donors (Lipinski definition) is 2. The number of nitrogens with zero attached hydrogens (tertiary/aromatic N) is 1. The van der Waals surface area contributed by atoms with Gasteiger partial charge in [0.15, 0.2) is 5.17 Å². The molecule has 0 spiro atoms. The van der Waals surface area contributed by atoms with Crippen molar-refractivity contribution in [3.63, 3.8) is 0 Å². The molecule has 25 heavy (non-hydrogen) atoms. The minimum absolute atomic E-state index is 0.0260. The van der Waals surface area contributed by atoms with E-state index in [0.717, 1.165) is 5.56 Å². The van der Waals surface area contributed by atoms with E-state index >= 15 is 0 Å². The highest BCUT2D eigenvalue weighted by Gasteiger charge is 2.31. The Labute approximate surface area is 148 Å². The topological polar surface area (TPSA) is 70.6 Å². The Morgan fingerprint density at radius 3 is 2.60 bits per heavy atom. The van der Waals surface area contributed by atoms with Gasteiger partial charge in [-0.3, -0.25) is 14.6 Å². The van der Waals surface area contributed by atoms with E-state index in [2.05, 4.69) is 15.6 Å². The number of amidine groups is 1. The van der Waals surface area contributed by atoms with Gasteiger partial charge in [-0.05, 0) is 29.8 Å². The fourth-order valence-corrected chi connectivity index (χ4v) is 3.24. The van der Waals surface area contributed by atoms with Gasteiger partial charge in [0.1, 0.15) is 11.1 Å². The average molecular weight is 357 g/mol. The molecule has 0 radical (unpaired) electrons. The van der Waals surface area contributed by atoms with E-state index in [1.807, 2.05) is 30.3 Å². The maximum atomic E-state index is 12.9. The molecule has 0 bridgehead atoms. The zero-order valence-corrected chi connectivity index (χ0v) is 14.1. The van der Waals surface area contributed by atoms with Crippen molar-refractivity contribution >= 4 is 34.4 Å². The third kappa shape index (κ3) is 4.90. The SMILES string of the molecule is O=C(C[C@@H]1SC(=NCc2ccccc2)NC1=O)Nc1ccc(F)cc1. The van der Waals surface area contributed by atoms with Gasteiger partial charge in [-0.2, -0.15) is 0 Å². The molecule has 0 saturated carbocycles. The summed E-state index contributed by atoms with van der Waals surface area (Å²) < 4.78 is 12.9. The highest BCUT2D eigenvalue weighted by Crippen LogP contribution is 2.23. The Kier molecular flexibility index (Phi) is 5.45. The largest absolute Gasteiger partial charge is 0.326 e. The number of amides is 2. The van der Waals surface area contributed by atoms with Crippen molar-refractivity contribution in [3.8, 4) is 0 Å². The maximum Gasteiger partial charge on any atom is 0.240 e. The van der Waals surface area contributed by atoms with E-state index in [4.69, 9.17) is 0 Å². The van der Waals surface area contributed by atoms with Gasteiger partial charge in [0.25, 0.3) is 0 Å². The fraction of sp³-hybridized carbons (Fsp3) is 0.167. The quantitative estimate of drug-likeness (QED) is 0.864. The molecule has 5 nitrogen and oxygen atoms in total. The van der Waals surface area contributed by atoms with Gasteiger partial charge in [-0.25, -0.2) is 4.39 Å². The molecule has 0 aliphatic carbocycles. The molecule has 3 rings (SSSR count). The van der Waals surface area contributed by atoms with Crippen LogP contribution < -0.4 is 10.6 Å². The van der Waals surface area contributed by atoms with Gasteiger partial charge >= 0.3 is 0 Å². The Hall–Kier alpha value is -2.67. The zero-order chi connectivity index (χ0) is 17.6. The number of thioether (sulfide) groups is 1. The van der Waals surface area contributed by atoms with Gasteiger partial charge in [0, 0.05) is 12.1 Å². The third-order valence-corrected chi connectivity index (χ3v) is 4.64. The van der Waals surface area contributed by atoms with Crippen LogP contribution in [-0.4, -0.2) is 22.2 Å². The predicted octanol–water partition coefficient (Wildman–Crippen LogP) is 2.94. The van der Waals surface area contributed by atoms with Gasteiger partial charge in [-0.15, -0.1) is 0 Å². The molecule has 0 aromatic heterocycles. The summed E-state index contributed by atoms with van der Waals surface area (Å²) in [5, 5.41) is 5.35. The van der Waals surface area contributed by atoms with Crippen molar-refractivity contribution in [2.75, 3.05) is 5.32 Å². The first-order chi connectivity index (χ1) is 12.1.